The Morgan fingerprint density at radius 2 is 1.89 bits per heavy atom. The van der Waals surface area contributed by atoms with Crippen molar-refractivity contribution < 1.29 is 0 Å². The second-order valence-corrected chi connectivity index (χ2v) is 6.72. The Morgan fingerprint density at radius 3 is 2.61 bits per heavy atom. The summed E-state index contributed by atoms with van der Waals surface area (Å²) in [7, 11) is 0. The molecule has 6 heteroatoms. The molecule has 0 amide bonds. The van der Waals surface area contributed by atoms with E-state index in [0.29, 0.717) is 27.9 Å². The van der Waals surface area contributed by atoms with Crippen LogP contribution in [0.15, 0.2) is 71.8 Å². The Labute approximate surface area is 161 Å². The van der Waals surface area contributed by atoms with Gasteiger partial charge < -0.3 is 10.7 Å². The molecule has 2 aromatic carbocycles. The summed E-state index contributed by atoms with van der Waals surface area (Å²) in [6.07, 6.45) is 3.07. The number of hydrogen-bond acceptors (Lipinski definition) is 5. The third-order valence-electron chi connectivity index (χ3n) is 4.95. The van der Waals surface area contributed by atoms with Gasteiger partial charge in [0.05, 0.1) is 23.6 Å². The van der Waals surface area contributed by atoms with Gasteiger partial charge in [-0.15, -0.1) is 0 Å². The van der Waals surface area contributed by atoms with Crippen LogP contribution in [0.3, 0.4) is 0 Å². The van der Waals surface area contributed by atoms with E-state index >= 15 is 0 Å². The molecule has 0 aliphatic heterocycles. The van der Waals surface area contributed by atoms with Crippen LogP contribution in [0, 0.1) is 5.41 Å². The van der Waals surface area contributed by atoms with Crippen LogP contribution in [0.2, 0.25) is 0 Å². The summed E-state index contributed by atoms with van der Waals surface area (Å²) in [5.41, 5.74) is 10.3. The summed E-state index contributed by atoms with van der Waals surface area (Å²) in [4.78, 5) is 15.6. The Kier molecular flexibility index (Phi) is 4.45. The molecule has 0 fully saturated rings. The number of nitrogens with one attached hydrogen (secondary N) is 2. The average Bonchev–Trinajstić information content (AvgIpc) is 2.73. The van der Waals surface area contributed by atoms with Gasteiger partial charge in [-0.25, -0.2) is 0 Å². The predicted octanol–water partition coefficient (Wildman–Crippen LogP) is 3.47. The van der Waals surface area contributed by atoms with Crippen molar-refractivity contribution in [2.24, 2.45) is 0 Å². The predicted molar refractivity (Wildman–Crippen MR) is 111 cm³/mol. The van der Waals surface area contributed by atoms with Crippen LogP contribution >= 0.6 is 0 Å². The maximum absolute atomic E-state index is 12.6. The van der Waals surface area contributed by atoms with Crippen molar-refractivity contribution in [2.75, 3.05) is 5.73 Å². The second-order valence-electron chi connectivity index (χ2n) is 6.72. The molecular weight excluding hydrogens is 350 g/mol. The fourth-order valence-electron chi connectivity index (χ4n) is 3.34. The minimum Gasteiger partial charge on any atom is -0.398 e. The lowest BCUT2D eigenvalue weighted by atomic mass is 9.92. The van der Waals surface area contributed by atoms with E-state index in [-0.39, 0.29) is 17.2 Å². The standard InChI is InChI=1S/C22H19N5O/c1-13(14-5-3-2-4-6-14)17-9-16-10-18(19(23)11-20(16)27-22(17)28)21(24)15-7-8-25-26-12-15/h2-13,24H,23H2,1H3,(H,27,28). The van der Waals surface area contributed by atoms with E-state index in [9.17, 15) is 4.79 Å². The smallest absolute Gasteiger partial charge is 0.252 e. The van der Waals surface area contributed by atoms with Crippen LogP contribution in [0.5, 0.6) is 0 Å². The molecule has 2 heterocycles. The minimum atomic E-state index is -0.135. The van der Waals surface area contributed by atoms with Gasteiger partial charge in [-0.05, 0) is 35.2 Å². The first-order valence-electron chi connectivity index (χ1n) is 8.92. The number of anilines is 1. The summed E-state index contributed by atoms with van der Waals surface area (Å²) in [6.45, 7) is 2.01. The molecule has 1 atom stereocenters. The topological polar surface area (TPSA) is 109 Å². The molecule has 6 nitrogen and oxygen atoms in total. The largest absolute Gasteiger partial charge is 0.398 e. The molecule has 0 spiro atoms. The van der Waals surface area contributed by atoms with E-state index in [2.05, 4.69) is 15.2 Å². The maximum Gasteiger partial charge on any atom is 0.252 e. The van der Waals surface area contributed by atoms with Gasteiger partial charge in [0.15, 0.2) is 0 Å². The molecule has 2 aromatic heterocycles. The van der Waals surface area contributed by atoms with Gasteiger partial charge in [0, 0.05) is 28.3 Å². The fourth-order valence-corrected chi connectivity index (χ4v) is 3.34. The Balaban J connectivity index is 1.83. The van der Waals surface area contributed by atoms with Crippen LogP contribution in [0.1, 0.15) is 35.1 Å². The third kappa shape index (κ3) is 3.16. The average molecular weight is 369 g/mol. The number of fused-ring (bicyclic) bond motifs is 1. The van der Waals surface area contributed by atoms with Gasteiger partial charge in [0.2, 0.25) is 0 Å². The quantitative estimate of drug-likeness (QED) is 0.378. The molecule has 0 saturated carbocycles. The second kappa shape index (κ2) is 7.08. The molecule has 0 aliphatic carbocycles. The van der Waals surface area contributed by atoms with Crippen molar-refractivity contribution in [3.63, 3.8) is 0 Å². The Morgan fingerprint density at radius 1 is 1.11 bits per heavy atom. The SMILES string of the molecule is CC(c1ccccc1)c1cc2cc(C(=N)c3ccnnc3)c(N)cc2[nH]c1=O. The number of H-pyrrole nitrogens is 1. The highest BCUT2D eigenvalue weighted by atomic mass is 16.1. The zero-order chi connectivity index (χ0) is 19.7. The minimum absolute atomic E-state index is 0.0563. The van der Waals surface area contributed by atoms with Crippen molar-refractivity contribution in [1.82, 2.24) is 15.2 Å². The number of benzene rings is 2. The molecule has 4 N–H and O–H groups in total. The lowest BCUT2D eigenvalue weighted by Crippen LogP contribution is -2.16. The molecule has 4 aromatic rings. The Bertz CT molecular complexity index is 1220. The van der Waals surface area contributed by atoms with Crippen molar-refractivity contribution in [3.05, 3.63) is 99.6 Å². The molecular formula is C22H19N5O. The van der Waals surface area contributed by atoms with E-state index in [1.807, 2.05) is 49.4 Å². The molecule has 138 valence electrons. The molecule has 0 aliphatic rings. The van der Waals surface area contributed by atoms with Gasteiger partial charge in [-0.2, -0.15) is 10.2 Å². The number of nitrogen functional groups attached to an aromatic ring is 1. The summed E-state index contributed by atoms with van der Waals surface area (Å²) in [5, 5.41) is 16.9. The number of nitrogens with two attached hydrogens (primary N) is 1. The van der Waals surface area contributed by atoms with Crippen LogP contribution < -0.4 is 11.3 Å². The van der Waals surface area contributed by atoms with Crippen molar-refractivity contribution in [3.8, 4) is 0 Å². The van der Waals surface area contributed by atoms with Crippen LogP contribution in [0.25, 0.3) is 10.9 Å². The van der Waals surface area contributed by atoms with Crippen molar-refractivity contribution >= 4 is 22.3 Å². The van der Waals surface area contributed by atoms with E-state index in [0.717, 1.165) is 10.9 Å². The van der Waals surface area contributed by atoms with Crippen LogP contribution in [0.4, 0.5) is 5.69 Å². The lowest BCUT2D eigenvalue weighted by Gasteiger charge is -2.14. The monoisotopic (exact) mass is 369 g/mol. The third-order valence-corrected chi connectivity index (χ3v) is 4.95. The fraction of sp³-hybridized carbons (Fsp3) is 0.0909. The summed E-state index contributed by atoms with van der Waals surface area (Å²) in [5.74, 6) is -0.0563. The number of rotatable bonds is 4. The van der Waals surface area contributed by atoms with Crippen molar-refractivity contribution in [2.45, 2.75) is 12.8 Å². The van der Waals surface area contributed by atoms with Gasteiger partial charge in [-0.3, -0.25) is 10.2 Å². The lowest BCUT2D eigenvalue weighted by molar-refractivity contribution is 0.901. The number of hydrogen-bond donors (Lipinski definition) is 3. The van der Waals surface area contributed by atoms with E-state index in [1.54, 1.807) is 12.1 Å². The van der Waals surface area contributed by atoms with Crippen molar-refractivity contribution in [1.29, 1.82) is 5.41 Å². The van der Waals surface area contributed by atoms with E-state index < -0.39 is 0 Å². The highest BCUT2D eigenvalue weighted by molar-refractivity contribution is 6.15. The Hall–Kier alpha value is -3.80. The van der Waals surface area contributed by atoms with E-state index in [4.69, 9.17) is 11.1 Å². The van der Waals surface area contributed by atoms with E-state index in [1.165, 1.54) is 12.4 Å². The number of aromatic nitrogens is 3. The molecule has 4 rings (SSSR count). The van der Waals surface area contributed by atoms with Gasteiger partial charge >= 0.3 is 0 Å². The summed E-state index contributed by atoms with van der Waals surface area (Å²) < 4.78 is 0. The zero-order valence-electron chi connectivity index (χ0n) is 15.3. The normalized spacial score (nSPS) is 12.0. The zero-order valence-corrected chi connectivity index (χ0v) is 15.3. The van der Waals surface area contributed by atoms with Gasteiger partial charge in [0.1, 0.15) is 0 Å². The first-order valence-corrected chi connectivity index (χ1v) is 8.92. The number of pyridine rings is 1. The molecule has 0 radical (unpaired) electrons. The maximum atomic E-state index is 12.6. The molecule has 28 heavy (non-hydrogen) atoms. The molecule has 0 bridgehead atoms. The van der Waals surface area contributed by atoms with Gasteiger partial charge in [-0.1, -0.05) is 37.3 Å². The van der Waals surface area contributed by atoms with Crippen LogP contribution in [-0.4, -0.2) is 20.9 Å². The van der Waals surface area contributed by atoms with Gasteiger partial charge in [0.25, 0.3) is 5.56 Å². The highest BCUT2D eigenvalue weighted by Gasteiger charge is 2.15. The van der Waals surface area contributed by atoms with Crippen LogP contribution in [-0.2, 0) is 0 Å². The summed E-state index contributed by atoms with van der Waals surface area (Å²) >= 11 is 0. The highest BCUT2D eigenvalue weighted by Crippen LogP contribution is 2.26. The summed E-state index contributed by atoms with van der Waals surface area (Å²) in [6, 6.07) is 17.0. The molecule has 0 saturated heterocycles. The number of nitrogens with zero attached hydrogens (tertiary/aromatic N) is 2. The number of aromatic amines is 1. The first-order chi connectivity index (χ1) is 13.5. The molecule has 1 unspecified atom stereocenters. The first kappa shape index (κ1) is 17.6.